The molecule has 0 rings (SSSR count). The normalized spacial score (nSPS) is 14.0. The number of carbonyl (C=O) groups excluding carboxylic acids is 2. The number of carbonyl (C=O) groups is 3. The fraction of sp³-hybridized carbons (Fsp3) is 0.812. The predicted molar refractivity (Wildman–Crippen MR) is 90.5 cm³/mol. The van der Waals surface area contributed by atoms with Gasteiger partial charge in [0.15, 0.2) is 0 Å². The van der Waals surface area contributed by atoms with Gasteiger partial charge in [-0.3, -0.25) is 4.79 Å². The summed E-state index contributed by atoms with van der Waals surface area (Å²) in [6.45, 7) is 9.28. The first-order chi connectivity index (χ1) is 10.9. The van der Waals surface area contributed by atoms with Gasteiger partial charge >= 0.3 is 12.1 Å². The monoisotopic (exact) mass is 345 g/mol. The van der Waals surface area contributed by atoms with Crippen molar-refractivity contribution in [1.29, 1.82) is 0 Å². The van der Waals surface area contributed by atoms with Crippen LogP contribution in [-0.2, 0) is 14.3 Å². The van der Waals surface area contributed by atoms with Crippen molar-refractivity contribution in [2.24, 2.45) is 11.7 Å². The highest BCUT2D eigenvalue weighted by Gasteiger charge is 2.24. The number of unbranched alkanes of at least 4 members (excludes halogenated alkanes) is 1. The van der Waals surface area contributed by atoms with E-state index in [4.69, 9.17) is 15.6 Å². The molecule has 5 N–H and O–H groups in total. The molecule has 2 unspecified atom stereocenters. The first-order valence-corrected chi connectivity index (χ1v) is 8.19. The molecule has 0 saturated heterocycles. The Balaban J connectivity index is 4.13. The van der Waals surface area contributed by atoms with Gasteiger partial charge in [0.05, 0.1) is 6.04 Å². The zero-order valence-corrected chi connectivity index (χ0v) is 15.2. The number of hydrogen-bond acceptors (Lipinski definition) is 5. The number of rotatable bonds is 9. The first kappa shape index (κ1) is 22.2. The Kier molecular flexibility index (Phi) is 9.35. The molecule has 2 amide bonds. The fourth-order valence-corrected chi connectivity index (χ4v) is 1.81. The summed E-state index contributed by atoms with van der Waals surface area (Å²) in [6, 6.07) is -1.72. The molecule has 0 fully saturated rings. The molecule has 0 bridgehead atoms. The van der Waals surface area contributed by atoms with Crippen molar-refractivity contribution in [3.8, 4) is 0 Å². The van der Waals surface area contributed by atoms with Crippen molar-refractivity contribution in [1.82, 2.24) is 10.6 Å². The maximum atomic E-state index is 11.8. The lowest BCUT2D eigenvalue weighted by atomic mass is 10.0. The summed E-state index contributed by atoms with van der Waals surface area (Å²) in [5.41, 5.74) is 5.14. The van der Waals surface area contributed by atoms with Gasteiger partial charge in [0.2, 0.25) is 5.91 Å². The lowest BCUT2D eigenvalue weighted by Crippen LogP contribution is -2.50. The van der Waals surface area contributed by atoms with E-state index in [1.165, 1.54) is 0 Å². The summed E-state index contributed by atoms with van der Waals surface area (Å²) in [5, 5.41) is 14.2. The van der Waals surface area contributed by atoms with Crippen LogP contribution in [0.4, 0.5) is 4.79 Å². The van der Waals surface area contributed by atoms with Crippen LogP contribution in [0.3, 0.4) is 0 Å². The summed E-state index contributed by atoms with van der Waals surface area (Å²) < 4.78 is 5.09. The highest BCUT2D eigenvalue weighted by atomic mass is 16.6. The molecule has 0 aliphatic carbocycles. The number of aliphatic carboxylic acids is 1. The highest BCUT2D eigenvalue weighted by Crippen LogP contribution is 2.07. The number of hydrogen-bond donors (Lipinski definition) is 4. The first-order valence-electron chi connectivity index (χ1n) is 8.19. The topological polar surface area (TPSA) is 131 Å². The number of carboxylic acids is 1. The van der Waals surface area contributed by atoms with Gasteiger partial charge in [0, 0.05) is 6.54 Å². The van der Waals surface area contributed by atoms with Crippen molar-refractivity contribution in [2.45, 2.75) is 71.6 Å². The molecule has 24 heavy (non-hydrogen) atoms. The van der Waals surface area contributed by atoms with E-state index in [1.54, 1.807) is 34.6 Å². The largest absolute Gasteiger partial charge is 0.480 e. The molecule has 0 aliphatic rings. The summed E-state index contributed by atoms with van der Waals surface area (Å²) in [5.74, 6) is -1.64. The van der Waals surface area contributed by atoms with Gasteiger partial charge in [-0.1, -0.05) is 13.8 Å². The van der Waals surface area contributed by atoms with Crippen molar-refractivity contribution < 1.29 is 24.2 Å². The molecule has 0 spiro atoms. The molecule has 0 aromatic heterocycles. The average molecular weight is 345 g/mol. The van der Waals surface area contributed by atoms with Crippen LogP contribution in [0.25, 0.3) is 0 Å². The van der Waals surface area contributed by atoms with E-state index in [-0.39, 0.29) is 12.3 Å². The summed E-state index contributed by atoms with van der Waals surface area (Å²) >= 11 is 0. The lowest BCUT2D eigenvalue weighted by Gasteiger charge is -2.20. The average Bonchev–Trinajstić information content (AvgIpc) is 2.42. The second-order valence-electron chi connectivity index (χ2n) is 7.09. The number of amides is 2. The minimum Gasteiger partial charge on any atom is -0.480 e. The van der Waals surface area contributed by atoms with Gasteiger partial charge in [0.1, 0.15) is 11.6 Å². The second-order valence-corrected chi connectivity index (χ2v) is 7.09. The summed E-state index contributed by atoms with van der Waals surface area (Å²) in [6.07, 6.45) is 0.870. The van der Waals surface area contributed by atoms with Gasteiger partial charge < -0.3 is 26.2 Å². The fourth-order valence-electron chi connectivity index (χ4n) is 1.81. The van der Waals surface area contributed by atoms with Crippen LogP contribution < -0.4 is 16.4 Å². The van der Waals surface area contributed by atoms with Gasteiger partial charge in [0.25, 0.3) is 0 Å². The van der Waals surface area contributed by atoms with Crippen LogP contribution >= 0.6 is 0 Å². The molecule has 0 aromatic carbocycles. The zero-order valence-electron chi connectivity index (χ0n) is 15.2. The number of nitrogens with two attached hydrogens (primary N) is 1. The molecule has 2 atom stereocenters. The van der Waals surface area contributed by atoms with Crippen molar-refractivity contribution in [2.75, 3.05) is 6.54 Å². The predicted octanol–water partition coefficient (Wildman–Crippen LogP) is 1.23. The number of nitrogens with one attached hydrogen (secondary N) is 2. The third kappa shape index (κ3) is 10.0. The van der Waals surface area contributed by atoms with Crippen LogP contribution in [-0.4, -0.2) is 47.3 Å². The molecule has 0 saturated carbocycles. The standard InChI is InChI=1S/C16H31N3O5/c1-10(2)12(17)13(20)19-11(14(21)22)8-6-7-9-18-15(23)24-16(3,4)5/h10-12H,6-9,17H2,1-5H3,(H,18,23)(H,19,20)(H,21,22). The highest BCUT2D eigenvalue weighted by molar-refractivity contribution is 5.86. The number of alkyl carbamates (subject to hydrolysis) is 1. The Morgan fingerprint density at radius 3 is 2.21 bits per heavy atom. The Labute approximate surface area is 143 Å². The van der Waals surface area contributed by atoms with Gasteiger partial charge in [-0.2, -0.15) is 0 Å². The molecular weight excluding hydrogens is 314 g/mol. The molecular formula is C16H31N3O5. The summed E-state index contributed by atoms with van der Waals surface area (Å²) in [7, 11) is 0. The summed E-state index contributed by atoms with van der Waals surface area (Å²) in [4.78, 5) is 34.5. The van der Waals surface area contributed by atoms with E-state index in [9.17, 15) is 14.4 Å². The van der Waals surface area contributed by atoms with Gasteiger partial charge in [-0.15, -0.1) is 0 Å². The SMILES string of the molecule is CC(C)C(N)C(=O)NC(CCCCNC(=O)OC(C)(C)C)C(=O)O. The minimum atomic E-state index is -1.10. The van der Waals surface area contributed by atoms with Gasteiger partial charge in [-0.25, -0.2) is 9.59 Å². The Bertz CT molecular complexity index is 432. The van der Waals surface area contributed by atoms with E-state index in [0.29, 0.717) is 19.4 Å². The molecule has 0 aromatic rings. The van der Waals surface area contributed by atoms with Crippen LogP contribution in [0.15, 0.2) is 0 Å². The molecule has 0 heterocycles. The third-order valence-corrected chi connectivity index (χ3v) is 3.22. The van der Waals surface area contributed by atoms with Crippen molar-refractivity contribution in [3.63, 3.8) is 0 Å². The van der Waals surface area contributed by atoms with Crippen molar-refractivity contribution >= 4 is 18.0 Å². The quantitative estimate of drug-likeness (QED) is 0.465. The number of ether oxygens (including phenoxy) is 1. The smallest absolute Gasteiger partial charge is 0.407 e. The van der Waals surface area contributed by atoms with Crippen LogP contribution in [0.1, 0.15) is 53.9 Å². The number of carboxylic acid groups (broad SMARTS) is 1. The van der Waals surface area contributed by atoms with Crippen LogP contribution in [0.5, 0.6) is 0 Å². The molecule has 140 valence electrons. The zero-order chi connectivity index (χ0) is 18.9. The van der Waals surface area contributed by atoms with E-state index in [2.05, 4.69) is 10.6 Å². The lowest BCUT2D eigenvalue weighted by molar-refractivity contribution is -0.142. The third-order valence-electron chi connectivity index (χ3n) is 3.22. The Morgan fingerprint density at radius 2 is 1.75 bits per heavy atom. The maximum Gasteiger partial charge on any atom is 0.407 e. The van der Waals surface area contributed by atoms with Crippen molar-refractivity contribution in [3.05, 3.63) is 0 Å². The van der Waals surface area contributed by atoms with E-state index in [1.807, 2.05) is 0 Å². The minimum absolute atomic E-state index is 0.0718. The van der Waals surface area contributed by atoms with E-state index >= 15 is 0 Å². The van der Waals surface area contributed by atoms with Crippen LogP contribution in [0, 0.1) is 5.92 Å². The van der Waals surface area contributed by atoms with E-state index in [0.717, 1.165) is 0 Å². The Morgan fingerprint density at radius 1 is 1.17 bits per heavy atom. The van der Waals surface area contributed by atoms with Crippen LogP contribution in [0.2, 0.25) is 0 Å². The Hall–Kier alpha value is -1.83. The van der Waals surface area contributed by atoms with Gasteiger partial charge in [-0.05, 0) is 46.0 Å². The maximum absolute atomic E-state index is 11.8. The molecule has 8 nitrogen and oxygen atoms in total. The molecule has 0 radical (unpaired) electrons. The molecule has 0 aliphatic heterocycles. The second kappa shape index (κ2) is 10.1. The molecule has 8 heteroatoms. The van der Waals surface area contributed by atoms with E-state index < -0.39 is 35.7 Å².